The zero-order valence-corrected chi connectivity index (χ0v) is 21.1. The summed E-state index contributed by atoms with van der Waals surface area (Å²) < 4.78 is 1.11. The molecule has 0 amide bonds. The summed E-state index contributed by atoms with van der Waals surface area (Å²) in [6.07, 6.45) is 0. The number of hydrogen-bond acceptors (Lipinski definition) is 2. The first-order valence-corrected chi connectivity index (χ1v) is 12.6. The number of fused-ring (bicyclic) bond motifs is 2. The van der Waals surface area contributed by atoms with E-state index in [2.05, 4.69) is 113 Å². The van der Waals surface area contributed by atoms with Gasteiger partial charge in [-0.05, 0) is 73.5 Å². The fourth-order valence-corrected chi connectivity index (χ4v) is 4.49. The van der Waals surface area contributed by atoms with E-state index in [9.17, 15) is 0 Å². The lowest BCUT2D eigenvalue weighted by atomic mass is 9.80. The minimum absolute atomic E-state index is 0.504. The number of rotatable bonds is 3. The Bertz CT molecular complexity index is 1610. The Labute approximate surface area is 219 Å². The summed E-state index contributed by atoms with van der Waals surface area (Å²) in [7, 11) is -1.41. The summed E-state index contributed by atoms with van der Waals surface area (Å²) in [5, 5.41) is 23.2. The van der Waals surface area contributed by atoms with E-state index in [0.717, 1.165) is 15.6 Å². The molecule has 0 saturated heterocycles. The van der Waals surface area contributed by atoms with Gasteiger partial charge in [0, 0.05) is 4.47 Å². The summed E-state index contributed by atoms with van der Waals surface area (Å²) in [6.45, 7) is 0. The van der Waals surface area contributed by atoms with Crippen molar-refractivity contribution in [1.82, 2.24) is 0 Å². The van der Waals surface area contributed by atoms with Gasteiger partial charge in [-0.2, -0.15) is 0 Å². The average Bonchev–Trinajstić information content (AvgIpc) is 2.93. The second-order valence-electron chi connectivity index (χ2n) is 8.63. The van der Waals surface area contributed by atoms with E-state index in [1.165, 1.54) is 32.7 Å². The van der Waals surface area contributed by atoms with E-state index < -0.39 is 7.12 Å². The summed E-state index contributed by atoms with van der Waals surface area (Å²) in [4.78, 5) is 0. The smallest absolute Gasteiger partial charge is 0.423 e. The molecular formula is C32H24BBrO2. The molecule has 174 valence electrons. The highest BCUT2D eigenvalue weighted by atomic mass is 79.9. The summed E-state index contributed by atoms with van der Waals surface area (Å²) in [5.74, 6) is 0. The minimum atomic E-state index is -1.41. The van der Waals surface area contributed by atoms with Crippen LogP contribution >= 0.6 is 15.9 Å². The second kappa shape index (κ2) is 10.9. The highest BCUT2D eigenvalue weighted by Gasteiger charge is 2.10. The van der Waals surface area contributed by atoms with E-state index >= 15 is 0 Å². The van der Waals surface area contributed by atoms with Crippen LogP contribution in [-0.4, -0.2) is 17.2 Å². The predicted octanol–water partition coefficient (Wildman–Crippen LogP) is 7.46. The van der Waals surface area contributed by atoms with Crippen LogP contribution in [0.25, 0.3) is 43.8 Å². The van der Waals surface area contributed by atoms with E-state index in [0.29, 0.717) is 5.46 Å². The Morgan fingerprint density at radius 2 is 0.806 bits per heavy atom. The van der Waals surface area contributed by atoms with Gasteiger partial charge in [0.15, 0.2) is 0 Å². The van der Waals surface area contributed by atoms with E-state index in [1.54, 1.807) is 12.1 Å². The number of hydrogen-bond donors (Lipinski definition) is 2. The first kappa shape index (κ1) is 24.0. The van der Waals surface area contributed by atoms with Crippen molar-refractivity contribution in [1.29, 1.82) is 0 Å². The molecule has 0 aromatic heterocycles. The van der Waals surface area contributed by atoms with Gasteiger partial charge in [0.1, 0.15) is 0 Å². The van der Waals surface area contributed by atoms with E-state index in [1.807, 2.05) is 24.3 Å². The fraction of sp³-hybridized carbons (Fsp3) is 0. The third-order valence-electron chi connectivity index (χ3n) is 6.22. The first-order valence-electron chi connectivity index (χ1n) is 11.8. The van der Waals surface area contributed by atoms with Gasteiger partial charge in [0.05, 0.1) is 0 Å². The molecule has 4 heteroatoms. The maximum absolute atomic E-state index is 9.08. The van der Waals surface area contributed by atoms with Gasteiger partial charge < -0.3 is 10.0 Å². The molecule has 0 saturated carbocycles. The zero-order chi connectivity index (χ0) is 24.9. The van der Waals surface area contributed by atoms with Crippen molar-refractivity contribution in [2.24, 2.45) is 0 Å². The molecule has 6 aromatic rings. The Hall–Kier alpha value is -3.70. The highest BCUT2D eigenvalue weighted by Crippen LogP contribution is 2.26. The number of halogens is 1. The van der Waals surface area contributed by atoms with Crippen LogP contribution in [-0.2, 0) is 0 Å². The van der Waals surface area contributed by atoms with Crippen LogP contribution in [0.4, 0.5) is 0 Å². The van der Waals surface area contributed by atoms with Crippen molar-refractivity contribution >= 4 is 50.1 Å². The molecule has 0 atom stereocenters. The molecule has 0 heterocycles. The average molecular weight is 531 g/mol. The van der Waals surface area contributed by atoms with Gasteiger partial charge in [0.2, 0.25) is 0 Å². The van der Waals surface area contributed by atoms with Crippen LogP contribution in [0.3, 0.4) is 0 Å². The molecule has 36 heavy (non-hydrogen) atoms. The zero-order valence-electron chi connectivity index (χ0n) is 19.6. The summed E-state index contributed by atoms with van der Waals surface area (Å²) in [5.41, 5.74) is 5.20. The Kier molecular flexibility index (Phi) is 7.29. The van der Waals surface area contributed by atoms with Crippen molar-refractivity contribution in [2.75, 3.05) is 0 Å². The molecule has 0 bridgehead atoms. The Morgan fingerprint density at radius 3 is 1.25 bits per heavy atom. The van der Waals surface area contributed by atoms with Crippen molar-refractivity contribution in [3.05, 3.63) is 138 Å². The molecule has 0 fully saturated rings. The van der Waals surface area contributed by atoms with Crippen molar-refractivity contribution < 1.29 is 10.0 Å². The molecular weight excluding hydrogens is 507 g/mol. The monoisotopic (exact) mass is 530 g/mol. The largest absolute Gasteiger partial charge is 0.488 e. The summed E-state index contributed by atoms with van der Waals surface area (Å²) >= 11 is 3.46. The van der Waals surface area contributed by atoms with E-state index in [4.69, 9.17) is 10.0 Å². The molecule has 2 N–H and O–H groups in total. The highest BCUT2D eigenvalue weighted by molar-refractivity contribution is 9.10. The molecule has 6 aromatic carbocycles. The summed E-state index contributed by atoms with van der Waals surface area (Å²) in [6, 6.07) is 45.2. The quantitative estimate of drug-likeness (QED) is 0.233. The fourth-order valence-electron chi connectivity index (χ4n) is 4.23. The molecule has 0 aliphatic heterocycles. The van der Waals surface area contributed by atoms with Crippen LogP contribution in [0, 0.1) is 0 Å². The van der Waals surface area contributed by atoms with Gasteiger partial charge >= 0.3 is 7.12 Å². The van der Waals surface area contributed by atoms with Crippen LogP contribution < -0.4 is 5.46 Å². The maximum Gasteiger partial charge on any atom is 0.488 e. The second-order valence-corrected chi connectivity index (χ2v) is 9.54. The van der Waals surface area contributed by atoms with Crippen LogP contribution in [0.5, 0.6) is 0 Å². The van der Waals surface area contributed by atoms with Gasteiger partial charge in [-0.15, -0.1) is 0 Å². The van der Waals surface area contributed by atoms with Gasteiger partial charge in [-0.1, -0.05) is 125 Å². The normalized spacial score (nSPS) is 10.6. The first-order chi connectivity index (χ1) is 17.6. The molecule has 0 aliphatic rings. The molecule has 0 spiro atoms. The van der Waals surface area contributed by atoms with Crippen LogP contribution in [0.1, 0.15) is 0 Å². The van der Waals surface area contributed by atoms with Crippen molar-refractivity contribution in [2.45, 2.75) is 0 Å². The Balaban J connectivity index is 0.000000149. The van der Waals surface area contributed by atoms with Gasteiger partial charge in [0.25, 0.3) is 0 Å². The van der Waals surface area contributed by atoms with Crippen molar-refractivity contribution in [3.63, 3.8) is 0 Å². The van der Waals surface area contributed by atoms with Gasteiger partial charge in [-0.3, -0.25) is 0 Å². The molecule has 2 nitrogen and oxygen atoms in total. The van der Waals surface area contributed by atoms with E-state index in [-0.39, 0.29) is 0 Å². The molecule has 0 unspecified atom stereocenters. The third-order valence-corrected chi connectivity index (χ3v) is 6.75. The lowest BCUT2D eigenvalue weighted by molar-refractivity contribution is 0.426. The molecule has 0 aliphatic carbocycles. The SMILES string of the molecule is Brc1ccc(-c2ccc3ccccc3c2)cc1.OB(O)c1ccc(-c2ccc3ccccc3c2)cc1. The lowest BCUT2D eigenvalue weighted by Crippen LogP contribution is -2.29. The molecule has 0 radical (unpaired) electrons. The lowest BCUT2D eigenvalue weighted by Gasteiger charge is -2.05. The third kappa shape index (κ3) is 5.58. The van der Waals surface area contributed by atoms with Crippen LogP contribution in [0.2, 0.25) is 0 Å². The minimum Gasteiger partial charge on any atom is -0.423 e. The van der Waals surface area contributed by atoms with Crippen molar-refractivity contribution in [3.8, 4) is 22.3 Å². The standard InChI is InChI=1S/C16H13BO2.C16H11Br/c18-17(19)16-9-7-13(8-10-16)15-6-5-12-3-1-2-4-14(12)11-15;17-16-9-7-13(8-10-16)15-6-5-12-3-1-2-4-14(12)11-15/h1-11,18-19H;1-11H. The maximum atomic E-state index is 9.08. The molecule has 6 rings (SSSR count). The topological polar surface area (TPSA) is 40.5 Å². The predicted molar refractivity (Wildman–Crippen MR) is 156 cm³/mol. The number of benzene rings is 6. The van der Waals surface area contributed by atoms with Gasteiger partial charge in [-0.25, -0.2) is 0 Å². The Morgan fingerprint density at radius 1 is 0.417 bits per heavy atom. The van der Waals surface area contributed by atoms with Crippen LogP contribution in [0.15, 0.2) is 138 Å².